The molecule has 0 fully saturated rings. The van der Waals surface area contributed by atoms with Crippen molar-refractivity contribution in [2.75, 3.05) is 13.2 Å². The Bertz CT molecular complexity index is 988. The number of esters is 1. The molecule has 0 saturated heterocycles. The van der Waals surface area contributed by atoms with Crippen molar-refractivity contribution in [3.8, 4) is 5.75 Å². The smallest absolute Gasteiger partial charge is 0.344 e. The molecule has 0 aliphatic rings. The SMILES string of the molecule is CCOC(=O)COc1cc(C(C)C)c2sc3ccccc3c(=O)c2c1. The number of benzene rings is 2. The first kappa shape index (κ1) is 17.4. The summed E-state index contributed by atoms with van der Waals surface area (Å²) in [5, 5.41) is 1.34. The molecule has 3 aromatic rings. The summed E-state index contributed by atoms with van der Waals surface area (Å²) in [6.45, 7) is 6.06. The molecule has 4 nitrogen and oxygen atoms in total. The number of hydrogen-bond donors (Lipinski definition) is 0. The first-order valence-electron chi connectivity index (χ1n) is 8.29. The monoisotopic (exact) mass is 356 g/mol. The molecule has 1 heterocycles. The van der Waals surface area contributed by atoms with Gasteiger partial charge >= 0.3 is 5.97 Å². The van der Waals surface area contributed by atoms with E-state index < -0.39 is 5.97 Å². The second-order valence-corrected chi connectivity index (χ2v) is 7.12. The standard InChI is InChI=1S/C20H20O4S/c1-4-23-18(21)11-24-13-9-15(12(2)3)20-16(10-13)19(22)14-7-5-6-8-17(14)25-20/h5-10,12H,4,11H2,1-3H3. The topological polar surface area (TPSA) is 52.6 Å². The van der Waals surface area contributed by atoms with E-state index in [1.807, 2.05) is 30.3 Å². The highest BCUT2D eigenvalue weighted by atomic mass is 32.1. The van der Waals surface area contributed by atoms with Gasteiger partial charge in [0.2, 0.25) is 0 Å². The number of carbonyl (C=O) groups is 1. The van der Waals surface area contributed by atoms with E-state index in [-0.39, 0.29) is 18.0 Å². The Morgan fingerprint density at radius 1 is 1.16 bits per heavy atom. The lowest BCUT2D eigenvalue weighted by molar-refractivity contribution is -0.145. The van der Waals surface area contributed by atoms with Gasteiger partial charge < -0.3 is 9.47 Å². The van der Waals surface area contributed by atoms with Gasteiger partial charge in [0.15, 0.2) is 12.0 Å². The number of rotatable bonds is 5. The number of hydrogen-bond acceptors (Lipinski definition) is 5. The van der Waals surface area contributed by atoms with Crippen LogP contribution in [0.5, 0.6) is 5.75 Å². The summed E-state index contributed by atoms with van der Waals surface area (Å²) in [6, 6.07) is 11.3. The summed E-state index contributed by atoms with van der Waals surface area (Å²) >= 11 is 1.61. The molecule has 0 aliphatic carbocycles. The van der Waals surface area contributed by atoms with E-state index in [0.717, 1.165) is 15.0 Å². The van der Waals surface area contributed by atoms with E-state index in [1.54, 1.807) is 24.3 Å². The predicted octanol–water partition coefficient (Wildman–Crippen LogP) is 4.48. The highest BCUT2D eigenvalue weighted by Gasteiger charge is 2.14. The Balaban J connectivity index is 2.15. The Kier molecular flexibility index (Phi) is 5.04. The van der Waals surface area contributed by atoms with Crippen molar-refractivity contribution in [3.63, 3.8) is 0 Å². The Morgan fingerprint density at radius 2 is 1.92 bits per heavy atom. The van der Waals surface area contributed by atoms with Crippen LogP contribution in [-0.4, -0.2) is 19.2 Å². The summed E-state index contributed by atoms with van der Waals surface area (Å²) in [7, 11) is 0. The van der Waals surface area contributed by atoms with Gasteiger partial charge in [0.1, 0.15) is 5.75 Å². The van der Waals surface area contributed by atoms with Gasteiger partial charge in [-0.2, -0.15) is 0 Å². The van der Waals surface area contributed by atoms with Gasteiger partial charge in [0, 0.05) is 20.2 Å². The van der Waals surface area contributed by atoms with Crippen LogP contribution in [0.15, 0.2) is 41.2 Å². The maximum Gasteiger partial charge on any atom is 0.344 e. The Morgan fingerprint density at radius 3 is 2.64 bits per heavy atom. The van der Waals surface area contributed by atoms with E-state index in [4.69, 9.17) is 9.47 Å². The molecular weight excluding hydrogens is 336 g/mol. The second-order valence-electron chi connectivity index (χ2n) is 6.06. The Hall–Kier alpha value is -2.40. The molecule has 0 N–H and O–H groups in total. The summed E-state index contributed by atoms with van der Waals surface area (Å²) in [5.41, 5.74) is 1.04. The minimum atomic E-state index is -0.419. The molecule has 0 spiro atoms. The van der Waals surface area contributed by atoms with E-state index >= 15 is 0 Å². The lowest BCUT2D eigenvalue weighted by atomic mass is 10.0. The zero-order chi connectivity index (χ0) is 18.0. The molecule has 5 heteroatoms. The minimum Gasteiger partial charge on any atom is -0.482 e. The van der Waals surface area contributed by atoms with Crippen LogP contribution in [0.1, 0.15) is 32.3 Å². The first-order valence-corrected chi connectivity index (χ1v) is 9.10. The summed E-state index contributed by atoms with van der Waals surface area (Å²) < 4.78 is 12.4. The lowest BCUT2D eigenvalue weighted by Crippen LogP contribution is -2.15. The summed E-state index contributed by atoms with van der Waals surface area (Å²) in [5.74, 6) is 0.326. The van der Waals surface area contributed by atoms with Crippen molar-refractivity contribution >= 4 is 37.5 Å². The molecule has 1 aromatic heterocycles. The van der Waals surface area contributed by atoms with Crippen molar-refractivity contribution in [2.45, 2.75) is 26.7 Å². The molecule has 0 bridgehead atoms. The third kappa shape index (κ3) is 3.51. The minimum absolute atomic E-state index is 0.00663. The Labute approximate surface area is 150 Å². The maximum absolute atomic E-state index is 12.9. The van der Waals surface area contributed by atoms with Gasteiger partial charge in [-0.1, -0.05) is 26.0 Å². The van der Waals surface area contributed by atoms with Crippen molar-refractivity contribution in [1.82, 2.24) is 0 Å². The lowest BCUT2D eigenvalue weighted by Gasteiger charge is -2.13. The molecule has 25 heavy (non-hydrogen) atoms. The molecule has 0 saturated carbocycles. The third-order valence-corrected chi connectivity index (χ3v) is 5.20. The highest BCUT2D eigenvalue weighted by molar-refractivity contribution is 7.24. The summed E-state index contributed by atoms with van der Waals surface area (Å²) in [6.07, 6.45) is 0. The molecular formula is C20H20O4S. The molecule has 0 amide bonds. The van der Waals surface area contributed by atoms with Crippen molar-refractivity contribution < 1.29 is 14.3 Å². The number of carbonyl (C=O) groups excluding carboxylic acids is 1. The van der Waals surface area contributed by atoms with Crippen molar-refractivity contribution in [3.05, 3.63) is 52.2 Å². The molecule has 130 valence electrons. The van der Waals surface area contributed by atoms with Crippen molar-refractivity contribution in [2.24, 2.45) is 0 Å². The van der Waals surface area contributed by atoms with Gasteiger partial charge in [-0.25, -0.2) is 4.79 Å². The number of fused-ring (bicyclic) bond motifs is 2. The van der Waals surface area contributed by atoms with E-state index in [2.05, 4.69) is 13.8 Å². The van der Waals surface area contributed by atoms with Crippen LogP contribution in [-0.2, 0) is 9.53 Å². The fourth-order valence-electron chi connectivity index (χ4n) is 2.76. The van der Waals surface area contributed by atoms with Gasteiger partial charge in [0.25, 0.3) is 0 Å². The normalized spacial score (nSPS) is 11.2. The van der Waals surface area contributed by atoms with E-state index in [1.165, 1.54) is 0 Å². The second kappa shape index (κ2) is 7.23. The molecule has 0 aliphatic heterocycles. The molecule has 0 atom stereocenters. The predicted molar refractivity (Wildman–Crippen MR) is 102 cm³/mol. The summed E-state index contributed by atoms with van der Waals surface area (Å²) in [4.78, 5) is 24.4. The fraction of sp³-hybridized carbons (Fsp3) is 0.300. The maximum atomic E-state index is 12.9. The van der Waals surface area contributed by atoms with Gasteiger partial charge in [-0.3, -0.25) is 4.79 Å². The third-order valence-electron chi connectivity index (χ3n) is 3.96. The van der Waals surface area contributed by atoms with Crippen LogP contribution in [0.4, 0.5) is 0 Å². The molecule has 3 rings (SSSR count). The van der Waals surface area contributed by atoms with Gasteiger partial charge in [-0.05, 0) is 42.7 Å². The highest BCUT2D eigenvalue weighted by Crippen LogP contribution is 2.34. The average Bonchev–Trinajstić information content (AvgIpc) is 2.60. The largest absolute Gasteiger partial charge is 0.482 e. The number of ether oxygens (including phenoxy) is 2. The van der Waals surface area contributed by atoms with E-state index in [0.29, 0.717) is 23.1 Å². The molecule has 2 aromatic carbocycles. The van der Waals surface area contributed by atoms with Crippen molar-refractivity contribution in [1.29, 1.82) is 0 Å². The van der Waals surface area contributed by atoms with Gasteiger partial charge in [-0.15, -0.1) is 11.3 Å². The van der Waals surface area contributed by atoms with Crippen LogP contribution in [0, 0.1) is 0 Å². The zero-order valence-electron chi connectivity index (χ0n) is 14.5. The van der Waals surface area contributed by atoms with Crippen LogP contribution in [0.25, 0.3) is 20.2 Å². The quantitative estimate of drug-likeness (QED) is 0.500. The first-order chi connectivity index (χ1) is 12.0. The fourth-order valence-corrected chi connectivity index (χ4v) is 4.07. The van der Waals surface area contributed by atoms with Gasteiger partial charge in [0.05, 0.1) is 6.61 Å². The zero-order valence-corrected chi connectivity index (χ0v) is 15.3. The van der Waals surface area contributed by atoms with E-state index in [9.17, 15) is 9.59 Å². The van der Waals surface area contributed by atoms with Crippen LogP contribution >= 0.6 is 11.3 Å². The van der Waals surface area contributed by atoms with Crippen LogP contribution in [0.3, 0.4) is 0 Å². The van der Waals surface area contributed by atoms with Crippen LogP contribution < -0.4 is 10.2 Å². The average molecular weight is 356 g/mol. The van der Waals surface area contributed by atoms with Crippen LogP contribution in [0.2, 0.25) is 0 Å². The molecule has 0 unspecified atom stereocenters. The molecule has 0 radical (unpaired) electrons.